The number of aryl methyl sites for hydroxylation is 1. The number of nitrogens with two attached hydrogens (primary N) is 1. The van der Waals surface area contributed by atoms with Crippen LogP contribution in [0.25, 0.3) is 16.8 Å². The number of hydrogen-bond donors (Lipinski definition) is 3. The minimum atomic E-state index is -2.64. The standard InChI is InChI=1S/C26H29N9O4S.CH4/c1-13-30-23(33-32-13)25(36)34-16-4-5-17(34)10-15(9-16)20-21(40(38)39)22(27)35-24(31-20)18(12-29-35)14-3-6-19(28-11-14)26(37)7-2-8-26;/h3,6,11-12,15-17,37H,2,4-5,7-10,27H2,1H3,(H,38,39)(H,30,32,33);1H4/p-1/t15?,16-,17+;. The fourth-order valence-corrected chi connectivity index (χ4v) is 7.19. The molecular weight excluding hydrogens is 546 g/mol. The number of nitrogens with zero attached hydrogens (tertiary/aromatic N) is 7. The molecule has 0 aromatic carbocycles. The van der Waals surface area contributed by atoms with Crippen LogP contribution >= 0.6 is 0 Å². The van der Waals surface area contributed by atoms with Crippen LogP contribution in [0.3, 0.4) is 0 Å². The second kappa shape index (κ2) is 9.96. The van der Waals surface area contributed by atoms with Crippen LogP contribution in [0.1, 0.15) is 86.1 Å². The molecule has 0 radical (unpaired) electrons. The highest BCUT2D eigenvalue weighted by Crippen LogP contribution is 2.45. The summed E-state index contributed by atoms with van der Waals surface area (Å²) in [7, 11) is 0. The number of aliphatic hydroxyl groups is 1. The summed E-state index contributed by atoms with van der Waals surface area (Å²) in [5, 5.41) is 21.7. The summed E-state index contributed by atoms with van der Waals surface area (Å²) in [6, 6.07) is 3.51. The fraction of sp³-hybridized carbons (Fsp3) is 0.481. The van der Waals surface area contributed by atoms with Gasteiger partial charge in [0.05, 0.1) is 22.5 Å². The predicted octanol–water partition coefficient (Wildman–Crippen LogP) is 2.60. The molecule has 41 heavy (non-hydrogen) atoms. The molecule has 6 heterocycles. The van der Waals surface area contributed by atoms with E-state index in [9.17, 15) is 18.7 Å². The fourth-order valence-electron chi connectivity index (χ4n) is 6.55. The van der Waals surface area contributed by atoms with Gasteiger partial charge in [0.25, 0.3) is 5.91 Å². The minimum absolute atomic E-state index is 0. The number of H-pyrrole nitrogens is 1. The zero-order chi connectivity index (χ0) is 27.8. The van der Waals surface area contributed by atoms with Gasteiger partial charge in [0.2, 0.25) is 5.82 Å². The van der Waals surface area contributed by atoms with Crippen molar-refractivity contribution in [2.24, 2.45) is 0 Å². The van der Waals surface area contributed by atoms with Crippen LogP contribution in [0, 0.1) is 6.92 Å². The topological polar surface area (TPSA) is 191 Å². The number of nitrogens with one attached hydrogen (secondary N) is 1. The van der Waals surface area contributed by atoms with Gasteiger partial charge in [-0.25, -0.2) is 9.97 Å². The van der Waals surface area contributed by atoms with Gasteiger partial charge in [-0.1, -0.05) is 13.5 Å². The molecule has 7 rings (SSSR count). The molecule has 1 aliphatic carbocycles. The number of amides is 1. The number of nitrogen functional groups attached to an aromatic ring is 1. The predicted molar refractivity (Wildman–Crippen MR) is 148 cm³/mol. The number of carbonyl (C=O) groups excluding carboxylic acids is 1. The van der Waals surface area contributed by atoms with Gasteiger partial charge in [0, 0.05) is 35.3 Å². The van der Waals surface area contributed by atoms with Crippen LogP contribution in [-0.4, -0.2) is 71.5 Å². The molecule has 4 aromatic heterocycles. The van der Waals surface area contributed by atoms with Crippen molar-refractivity contribution < 1.29 is 18.7 Å². The Bertz CT molecular complexity index is 1650. The average molecular weight is 579 g/mol. The van der Waals surface area contributed by atoms with Gasteiger partial charge in [-0.2, -0.15) is 9.61 Å². The molecule has 4 atom stereocenters. The molecule has 1 amide bonds. The highest BCUT2D eigenvalue weighted by atomic mass is 32.2. The highest BCUT2D eigenvalue weighted by Gasteiger charge is 2.46. The largest absolute Gasteiger partial charge is 0.768 e. The zero-order valence-electron chi connectivity index (χ0n) is 21.8. The zero-order valence-corrected chi connectivity index (χ0v) is 22.6. The Morgan fingerprint density at radius 3 is 2.49 bits per heavy atom. The average Bonchev–Trinajstić information content (AvgIpc) is 3.62. The van der Waals surface area contributed by atoms with Gasteiger partial charge in [-0.05, 0) is 69.0 Å². The first-order valence-electron chi connectivity index (χ1n) is 13.4. The summed E-state index contributed by atoms with van der Waals surface area (Å²) in [4.78, 5) is 28.6. The normalized spacial score (nSPS) is 23.7. The molecule has 2 saturated heterocycles. The summed E-state index contributed by atoms with van der Waals surface area (Å²) < 4.78 is 26.2. The third-order valence-electron chi connectivity index (χ3n) is 8.71. The van der Waals surface area contributed by atoms with Crippen molar-refractivity contribution in [3.8, 4) is 11.1 Å². The molecule has 13 nitrogen and oxygen atoms in total. The van der Waals surface area contributed by atoms with Gasteiger partial charge < -0.3 is 20.3 Å². The molecule has 0 spiro atoms. The van der Waals surface area contributed by atoms with Gasteiger partial charge in [0.15, 0.2) is 5.65 Å². The number of aromatic nitrogens is 7. The van der Waals surface area contributed by atoms with E-state index >= 15 is 0 Å². The molecule has 2 bridgehead atoms. The van der Waals surface area contributed by atoms with E-state index in [0.29, 0.717) is 54.1 Å². The lowest BCUT2D eigenvalue weighted by Crippen LogP contribution is -2.46. The number of fused-ring (bicyclic) bond motifs is 3. The maximum atomic E-state index is 13.2. The number of carbonyl (C=O) groups is 1. The third kappa shape index (κ3) is 4.32. The molecule has 3 aliphatic rings. The van der Waals surface area contributed by atoms with Crippen LogP contribution < -0.4 is 5.73 Å². The summed E-state index contributed by atoms with van der Waals surface area (Å²) >= 11 is -2.64. The minimum Gasteiger partial charge on any atom is -0.768 e. The number of rotatable bonds is 5. The van der Waals surface area contributed by atoms with E-state index < -0.39 is 16.7 Å². The lowest BCUT2D eigenvalue weighted by molar-refractivity contribution is -0.0426. The number of aromatic amines is 1. The van der Waals surface area contributed by atoms with Gasteiger partial charge >= 0.3 is 0 Å². The van der Waals surface area contributed by atoms with E-state index in [2.05, 4.69) is 25.3 Å². The first-order valence-corrected chi connectivity index (χ1v) is 14.5. The Morgan fingerprint density at radius 2 is 1.93 bits per heavy atom. The smallest absolute Gasteiger partial charge is 0.294 e. The molecule has 4 N–H and O–H groups in total. The van der Waals surface area contributed by atoms with E-state index in [-0.39, 0.29) is 47.9 Å². The Labute approximate surface area is 238 Å². The van der Waals surface area contributed by atoms with Crippen LogP contribution in [0.4, 0.5) is 5.82 Å². The van der Waals surface area contributed by atoms with Crippen LogP contribution in [0.2, 0.25) is 0 Å². The quantitative estimate of drug-likeness (QED) is 0.297. The summed E-state index contributed by atoms with van der Waals surface area (Å²) in [5.41, 5.74) is 8.38. The van der Waals surface area contributed by atoms with Gasteiger partial charge in [-0.3, -0.25) is 19.1 Å². The Kier molecular flexibility index (Phi) is 6.66. The summed E-state index contributed by atoms with van der Waals surface area (Å²) in [6.45, 7) is 1.74. The SMILES string of the molecule is C.Cc1nc(C(=O)N2[C@@H]3CC[C@H]2CC(c2nc4c(-c5ccc(C6(O)CCC6)nc5)cnn4c(N)c2S(=O)[O-])C3)n[nH]1. The van der Waals surface area contributed by atoms with Crippen LogP contribution in [-0.2, 0) is 16.7 Å². The van der Waals surface area contributed by atoms with Crippen LogP contribution in [0.15, 0.2) is 29.4 Å². The molecule has 1 saturated carbocycles. The molecule has 216 valence electrons. The lowest BCUT2D eigenvalue weighted by Gasteiger charge is -2.38. The summed E-state index contributed by atoms with van der Waals surface area (Å²) in [5.74, 6) is 0.278. The van der Waals surface area contributed by atoms with E-state index in [1.165, 1.54) is 4.52 Å². The molecule has 2 unspecified atom stereocenters. The molecule has 4 aromatic rings. The van der Waals surface area contributed by atoms with Gasteiger partial charge in [-0.15, -0.1) is 5.10 Å². The molecular formula is C27H32N9O4S-. The van der Waals surface area contributed by atoms with E-state index in [1.807, 2.05) is 17.0 Å². The number of anilines is 1. The number of piperidine rings is 1. The van der Waals surface area contributed by atoms with Crippen molar-refractivity contribution in [1.29, 1.82) is 0 Å². The monoisotopic (exact) mass is 578 g/mol. The molecule has 3 fully saturated rings. The number of hydrogen-bond acceptors (Lipinski definition) is 10. The first kappa shape index (κ1) is 27.4. The van der Waals surface area contributed by atoms with E-state index in [4.69, 9.17) is 10.7 Å². The van der Waals surface area contributed by atoms with Crippen LogP contribution in [0.5, 0.6) is 0 Å². The first-order chi connectivity index (χ1) is 19.2. The van der Waals surface area contributed by atoms with E-state index in [0.717, 1.165) is 24.8 Å². The van der Waals surface area contributed by atoms with Crippen molar-refractivity contribution in [3.63, 3.8) is 0 Å². The van der Waals surface area contributed by atoms with Crippen molar-refractivity contribution in [2.45, 2.75) is 87.8 Å². The Morgan fingerprint density at radius 1 is 1.20 bits per heavy atom. The highest BCUT2D eigenvalue weighted by molar-refractivity contribution is 7.79. The lowest BCUT2D eigenvalue weighted by atomic mass is 9.77. The Hall–Kier alpha value is -3.75. The maximum absolute atomic E-state index is 13.2. The second-order valence-corrected chi connectivity index (χ2v) is 11.9. The van der Waals surface area contributed by atoms with Crippen molar-refractivity contribution in [3.05, 3.63) is 47.6 Å². The Balaban J connectivity index is 0.00000302. The van der Waals surface area contributed by atoms with E-state index in [1.54, 1.807) is 19.3 Å². The second-order valence-electron chi connectivity index (χ2n) is 11.1. The van der Waals surface area contributed by atoms with Crippen molar-refractivity contribution in [2.75, 3.05) is 5.73 Å². The molecule has 2 aliphatic heterocycles. The molecule has 14 heteroatoms. The van der Waals surface area contributed by atoms with Gasteiger partial charge in [0.1, 0.15) is 17.2 Å². The summed E-state index contributed by atoms with van der Waals surface area (Å²) in [6.07, 6.45) is 8.35. The maximum Gasteiger partial charge on any atom is 0.294 e. The van der Waals surface area contributed by atoms with Crippen molar-refractivity contribution >= 4 is 28.5 Å². The van der Waals surface area contributed by atoms with Crippen molar-refractivity contribution in [1.82, 2.24) is 39.7 Å². The third-order valence-corrected chi connectivity index (χ3v) is 9.46. The number of pyridine rings is 1.